The number of hydrazine groups is 1. The Morgan fingerprint density at radius 3 is 2.89 bits per heavy atom. The molecule has 0 amide bonds. The van der Waals surface area contributed by atoms with Gasteiger partial charge in [-0.1, -0.05) is 11.6 Å². The molecule has 9 heavy (non-hydrogen) atoms. The molecule has 0 aliphatic carbocycles. The van der Waals surface area contributed by atoms with E-state index in [1.54, 1.807) is 6.92 Å². The summed E-state index contributed by atoms with van der Waals surface area (Å²) < 4.78 is 1.23. The van der Waals surface area contributed by atoms with Gasteiger partial charge in [-0.25, -0.2) is 4.99 Å². The van der Waals surface area contributed by atoms with Crippen LogP contribution in [0.15, 0.2) is 16.3 Å². The third-order valence-electron chi connectivity index (χ3n) is 0.763. The highest BCUT2D eigenvalue weighted by atomic mass is 35.5. The lowest BCUT2D eigenvalue weighted by molar-refractivity contribution is 0.537. The van der Waals surface area contributed by atoms with Gasteiger partial charge in [0.2, 0.25) is 0 Å². The molecule has 1 N–H and O–H groups in total. The van der Waals surface area contributed by atoms with Crippen molar-refractivity contribution in [1.82, 2.24) is 9.95 Å². The second kappa shape index (κ2) is 2.45. The van der Waals surface area contributed by atoms with Gasteiger partial charge in [-0.05, 0) is 6.92 Å². The number of halogens is 2. The van der Waals surface area contributed by atoms with Gasteiger partial charge >= 0.3 is 0 Å². The quantitative estimate of drug-likeness (QED) is 0.435. The van der Waals surface area contributed by atoms with Crippen LogP contribution in [0.5, 0.6) is 0 Å². The van der Waals surface area contributed by atoms with Gasteiger partial charge in [0, 0.05) is 11.8 Å². The van der Waals surface area contributed by atoms with Gasteiger partial charge in [0.05, 0.1) is 6.20 Å². The Labute approximate surface area is 63.0 Å². The van der Waals surface area contributed by atoms with Crippen LogP contribution < -0.4 is 5.43 Å². The molecule has 0 atom stereocenters. The maximum Gasteiger partial charge on any atom is 0.150 e. The number of hydrogen-bond donors (Lipinski definition) is 1. The first-order valence-electron chi connectivity index (χ1n) is 2.33. The van der Waals surface area contributed by atoms with Crippen molar-refractivity contribution in [2.75, 3.05) is 0 Å². The molecule has 1 aliphatic rings. The maximum atomic E-state index is 5.51. The molecule has 0 aromatic heterocycles. The molecule has 0 spiro atoms. The molecule has 0 aromatic carbocycles. The van der Waals surface area contributed by atoms with E-state index in [1.807, 2.05) is 0 Å². The Morgan fingerprint density at radius 2 is 2.44 bits per heavy atom. The van der Waals surface area contributed by atoms with Crippen molar-refractivity contribution in [3.05, 3.63) is 11.4 Å². The molecule has 5 heteroatoms. The van der Waals surface area contributed by atoms with Crippen LogP contribution in [-0.2, 0) is 0 Å². The number of nitrogens with one attached hydrogen (secondary N) is 1. The summed E-state index contributed by atoms with van der Waals surface area (Å²) in [7, 11) is 0. The van der Waals surface area contributed by atoms with Crippen LogP contribution in [0.1, 0.15) is 6.92 Å². The van der Waals surface area contributed by atoms with Crippen LogP contribution in [0.3, 0.4) is 0 Å². The normalized spacial score (nSPS) is 18.3. The third-order valence-corrected chi connectivity index (χ3v) is 1.13. The summed E-state index contributed by atoms with van der Waals surface area (Å²) in [5.74, 6) is 0.678. The Morgan fingerprint density at radius 1 is 1.78 bits per heavy atom. The van der Waals surface area contributed by atoms with Crippen LogP contribution in [0.2, 0.25) is 0 Å². The Bertz CT molecular complexity index is 175. The van der Waals surface area contributed by atoms with Gasteiger partial charge in [-0.3, -0.25) is 5.43 Å². The minimum absolute atomic E-state index is 0.376. The molecule has 1 heterocycles. The fourth-order valence-corrected chi connectivity index (χ4v) is 0.984. The van der Waals surface area contributed by atoms with E-state index in [9.17, 15) is 0 Å². The number of aliphatic imine (C=N–C) groups is 1. The summed E-state index contributed by atoms with van der Waals surface area (Å²) >= 11 is 11.0. The Balaban J connectivity index is 2.74. The smallest absolute Gasteiger partial charge is 0.150 e. The van der Waals surface area contributed by atoms with E-state index < -0.39 is 0 Å². The van der Waals surface area contributed by atoms with Crippen molar-refractivity contribution < 1.29 is 0 Å². The fraction of sp³-hybridized carbons (Fsp3) is 0.250. The standard InChI is InChI=1S/C4H5Cl2N3/c1-3-7-4(5)2-9(6)8-3/h2H,1H3,(H,7,8). The SMILES string of the molecule is CC1=NC(Cl)=CN(Cl)N1. The number of rotatable bonds is 0. The first-order valence-corrected chi connectivity index (χ1v) is 3.04. The highest BCUT2D eigenvalue weighted by molar-refractivity contribution is 6.30. The van der Waals surface area contributed by atoms with Gasteiger partial charge in [-0.15, -0.1) is 0 Å². The molecule has 0 saturated heterocycles. The van der Waals surface area contributed by atoms with E-state index in [0.717, 1.165) is 0 Å². The predicted molar refractivity (Wildman–Crippen MR) is 37.9 cm³/mol. The summed E-state index contributed by atoms with van der Waals surface area (Å²) in [6.45, 7) is 1.77. The summed E-state index contributed by atoms with van der Waals surface area (Å²) in [5.41, 5.74) is 2.70. The number of amidine groups is 1. The molecular weight excluding hydrogens is 161 g/mol. The highest BCUT2D eigenvalue weighted by Gasteiger charge is 2.03. The molecule has 0 radical (unpaired) electrons. The van der Waals surface area contributed by atoms with E-state index in [2.05, 4.69) is 10.4 Å². The van der Waals surface area contributed by atoms with Crippen LogP contribution in [0, 0.1) is 0 Å². The van der Waals surface area contributed by atoms with E-state index in [-0.39, 0.29) is 0 Å². The minimum atomic E-state index is 0.376. The molecular formula is C4H5Cl2N3. The van der Waals surface area contributed by atoms with Crippen molar-refractivity contribution in [3.8, 4) is 0 Å². The Kier molecular flexibility index (Phi) is 1.83. The molecule has 0 fully saturated rings. The average Bonchev–Trinajstić information content (AvgIpc) is 1.59. The lowest BCUT2D eigenvalue weighted by Crippen LogP contribution is -2.32. The monoisotopic (exact) mass is 165 g/mol. The lowest BCUT2D eigenvalue weighted by atomic mass is 10.6. The van der Waals surface area contributed by atoms with Gasteiger partial charge in [0.15, 0.2) is 0 Å². The van der Waals surface area contributed by atoms with Gasteiger partial charge in [0.25, 0.3) is 0 Å². The van der Waals surface area contributed by atoms with Crippen LogP contribution in [0.25, 0.3) is 0 Å². The average molecular weight is 166 g/mol. The van der Waals surface area contributed by atoms with Crippen molar-refractivity contribution >= 4 is 29.2 Å². The molecule has 3 nitrogen and oxygen atoms in total. The molecule has 0 saturated carbocycles. The molecule has 1 aliphatic heterocycles. The molecule has 0 bridgehead atoms. The topological polar surface area (TPSA) is 27.6 Å². The Hall–Kier alpha value is -0.410. The summed E-state index contributed by atoms with van der Waals surface area (Å²) in [6.07, 6.45) is 1.47. The molecule has 0 unspecified atom stereocenters. The van der Waals surface area contributed by atoms with Crippen LogP contribution >= 0.6 is 23.4 Å². The molecule has 50 valence electrons. The minimum Gasteiger partial charge on any atom is -0.271 e. The van der Waals surface area contributed by atoms with E-state index in [1.165, 1.54) is 10.7 Å². The predicted octanol–water partition coefficient (Wildman–Crippen LogP) is 1.42. The zero-order valence-corrected chi connectivity index (χ0v) is 6.24. The third kappa shape index (κ3) is 1.77. The zero-order valence-electron chi connectivity index (χ0n) is 4.73. The lowest BCUT2D eigenvalue weighted by Gasteiger charge is -2.16. The van der Waals surface area contributed by atoms with Crippen LogP contribution in [0.4, 0.5) is 0 Å². The number of nitrogens with zero attached hydrogens (tertiary/aromatic N) is 2. The summed E-state index contributed by atoms with van der Waals surface area (Å²) in [4.78, 5) is 3.84. The number of hydrogen-bond acceptors (Lipinski definition) is 3. The molecule has 1 rings (SSSR count). The highest BCUT2D eigenvalue weighted by Crippen LogP contribution is 2.09. The first-order chi connectivity index (χ1) is 4.18. The van der Waals surface area contributed by atoms with E-state index >= 15 is 0 Å². The second-order valence-corrected chi connectivity index (χ2v) is 2.32. The second-order valence-electron chi connectivity index (χ2n) is 1.57. The van der Waals surface area contributed by atoms with Gasteiger partial charge in [0.1, 0.15) is 11.0 Å². The largest absolute Gasteiger partial charge is 0.271 e. The maximum absolute atomic E-state index is 5.51. The van der Waals surface area contributed by atoms with E-state index in [4.69, 9.17) is 23.4 Å². The van der Waals surface area contributed by atoms with Crippen molar-refractivity contribution in [2.24, 2.45) is 4.99 Å². The van der Waals surface area contributed by atoms with Crippen molar-refractivity contribution in [3.63, 3.8) is 0 Å². The van der Waals surface area contributed by atoms with Crippen molar-refractivity contribution in [1.29, 1.82) is 0 Å². The summed E-state index contributed by atoms with van der Waals surface area (Å²) in [6, 6.07) is 0. The zero-order chi connectivity index (χ0) is 6.85. The van der Waals surface area contributed by atoms with E-state index in [0.29, 0.717) is 11.0 Å². The summed E-state index contributed by atoms with van der Waals surface area (Å²) in [5, 5.41) is 0.376. The van der Waals surface area contributed by atoms with Gasteiger partial charge in [-0.2, -0.15) is 4.53 Å². The van der Waals surface area contributed by atoms with Crippen LogP contribution in [-0.4, -0.2) is 10.4 Å². The fourth-order valence-electron chi connectivity index (χ4n) is 0.494. The van der Waals surface area contributed by atoms with Crippen molar-refractivity contribution in [2.45, 2.75) is 6.92 Å². The molecule has 0 aromatic rings. The van der Waals surface area contributed by atoms with Gasteiger partial charge < -0.3 is 0 Å². The first kappa shape index (κ1) is 6.71.